The zero-order chi connectivity index (χ0) is 21.2. The molecule has 1 aromatic carbocycles. The summed E-state index contributed by atoms with van der Waals surface area (Å²) in [4.78, 5) is 16.7. The molecule has 0 unspecified atom stereocenters. The number of rotatable bonds is 2. The first-order valence-corrected chi connectivity index (χ1v) is 10.7. The first-order valence-electron chi connectivity index (χ1n) is 10.7. The molecule has 5 rings (SSSR count). The third-order valence-corrected chi connectivity index (χ3v) is 5.79. The van der Waals surface area contributed by atoms with E-state index in [0.29, 0.717) is 18.3 Å². The van der Waals surface area contributed by atoms with Crippen molar-refractivity contribution in [2.24, 2.45) is 7.05 Å². The number of nitrogens with one attached hydrogen (secondary N) is 1. The Labute approximate surface area is 182 Å². The van der Waals surface area contributed by atoms with E-state index < -0.39 is 0 Å². The monoisotopic (exact) mass is 414 g/mol. The Morgan fingerprint density at radius 3 is 2.84 bits per heavy atom. The Morgan fingerprint density at radius 1 is 1.13 bits per heavy atom. The highest BCUT2D eigenvalue weighted by molar-refractivity contribution is 5.59. The summed E-state index contributed by atoms with van der Waals surface area (Å²) in [5, 5.41) is 3.42. The maximum atomic E-state index is 5.63. The maximum absolute atomic E-state index is 5.63. The smallest absolute Gasteiger partial charge is 0.207 e. The van der Waals surface area contributed by atoms with Crippen LogP contribution in [0.2, 0.25) is 0 Å². The van der Waals surface area contributed by atoms with Crippen LogP contribution in [0.5, 0.6) is 0 Å². The second kappa shape index (κ2) is 8.50. The SMILES string of the molecule is C[C@@H]1COCCN1c1nc(C#Cc2nc(-c3ccccc3)cn2C)nc2c1CCNC2. The molecular weight excluding hydrogens is 388 g/mol. The van der Waals surface area contributed by atoms with Gasteiger partial charge in [0.25, 0.3) is 0 Å². The van der Waals surface area contributed by atoms with Crippen molar-refractivity contribution in [3.05, 3.63) is 59.4 Å². The Morgan fingerprint density at radius 2 is 2.00 bits per heavy atom. The van der Waals surface area contributed by atoms with E-state index in [2.05, 4.69) is 41.1 Å². The molecule has 158 valence electrons. The van der Waals surface area contributed by atoms with Gasteiger partial charge in [-0.25, -0.2) is 15.0 Å². The molecule has 1 N–H and O–H groups in total. The van der Waals surface area contributed by atoms with E-state index in [0.717, 1.165) is 55.4 Å². The number of hydrogen-bond donors (Lipinski definition) is 1. The van der Waals surface area contributed by atoms with E-state index in [1.165, 1.54) is 5.56 Å². The van der Waals surface area contributed by atoms with E-state index in [4.69, 9.17) is 19.7 Å². The van der Waals surface area contributed by atoms with Crippen molar-refractivity contribution in [2.45, 2.75) is 25.9 Å². The molecule has 0 spiro atoms. The lowest BCUT2D eigenvalue weighted by Gasteiger charge is -2.36. The number of ether oxygens (including phenoxy) is 1. The predicted octanol–water partition coefficient (Wildman–Crippen LogP) is 2.15. The number of benzene rings is 1. The minimum atomic E-state index is 0.284. The van der Waals surface area contributed by atoms with Gasteiger partial charge >= 0.3 is 0 Å². The first-order chi connectivity index (χ1) is 15.2. The van der Waals surface area contributed by atoms with E-state index in [-0.39, 0.29) is 6.04 Å². The van der Waals surface area contributed by atoms with Crippen molar-refractivity contribution < 1.29 is 4.74 Å². The van der Waals surface area contributed by atoms with Gasteiger partial charge in [-0.1, -0.05) is 30.3 Å². The van der Waals surface area contributed by atoms with Gasteiger partial charge in [-0.2, -0.15) is 0 Å². The number of anilines is 1. The van der Waals surface area contributed by atoms with Crippen LogP contribution in [0.15, 0.2) is 36.5 Å². The van der Waals surface area contributed by atoms with Gasteiger partial charge in [-0.05, 0) is 31.7 Å². The predicted molar refractivity (Wildman–Crippen MR) is 120 cm³/mol. The fourth-order valence-electron chi connectivity index (χ4n) is 4.12. The van der Waals surface area contributed by atoms with Crippen LogP contribution in [0.25, 0.3) is 11.3 Å². The molecule has 31 heavy (non-hydrogen) atoms. The van der Waals surface area contributed by atoms with Gasteiger partial charge in [-0.15, -0.1) is 0 Å². The van der Waals surface area contributed by atoms with E-state index in [9.17, 15) is 0 Å². The molecule has 0 aliphatic carbocycles. The third-order valence-electron chi connectivity index (χ3n) is 5.79. The van der Waals surface area contributed by atoms with Gasteiger partial charge in [0.2, 0.25) is 5.82 Å². The van der Waals surface area contributed by atoms with Crippen molar-refractivity contribution in [3.8, 4) is 23.1 Å². The number of aryl methyl sites for hydroxylation is 1. The van der Waals surface area contributed by atoms with Gasteiger partial charge in [0, 0.05) is 37.5 Å². The molecule has 0 radical (unpaired) electrons. The minimum Gasteiger partial charge on any atom is -0.377 e. The summed E-state index contributed by atoms with van der Waals surface area (Å²) in [6, 6.07) is 10.4. The van der Waals surface area contributed by atoms with Crippen LogP contribution in [-0.4, -0.2) is 51.9 Å². The van der Waals surface area contributed by atoms with Gasteiger partial charge in [0.1, 0.15) is 5.82 Å². The van der Waals surface area contributed by atoms with E-state index in [1.807, 2.05) is 36.0 Å². The molecule has 0 saturated carbocycles. The molecule has 3 aromatic rings. The van der Waals surface area contributed by atoms with Crippen LogP contribution in [-0.2, 0) is 24.8 Å². The molecule has 2 aliphatic rings. The lowest BCUT2D eigenvalue weighted by atomic mass is 10.1. The summed E-state index contributed by atoms with van der Waals surface area (Å²) in [6.45, 7) is 6.15. The van der Waals surface area contributed by atoms with Crippen LogP contribution in [0.4, 0.5) is 5.82 Å². The Balaban J connectivity index is 1.50. The average Bonchev–Trinajstić information content (AvgIpc) is 3.18. The van der Waals surface area contributed by atoms with Gasteiger partial charge in [0.15, 0.2) is 5.82 Å². The highest BCUT2D eigenvalue weighted by Crippen LogP contribution is 2.26. The normalized spacial score (nSPS) is 18.3. The Hall–Kier alpha value is -3.21. The number of morpholine rings is 1. The molecule has 1 fully saturated rings. The number of fused-ring (bicyclic) bond motifs is 1. The fraction of sp³-hybridized carbons (Fsp3) is 0.375. The topological polar surface area (TPSA) is 68.1 Å². The zero-order valence-electron chi connectivity index (χ0n) is 17.9. The lowest BCUT2D eigenvalue weighted by molar-refractivity contribution is 0.0984. The van der Waals surface area contributed by atoms with E-state index >= 15 is 0 Å². The molecule has 4 heterocycles. The third kappa shape index (κ3) is 4.05. The summed E-state index contributed by atoms with van der Waals surface area (Å²) in [6.07, 6.45) is 2.93. The molecule has 7 heteroatoms. The van der Waals surface area contributed by atoms with E-state index in [1.54, 1.807) is 0 Å². The second-order valence-corrected chi connectivity index (χ2v) is 8.02. The summed E-state index contributed by atoms with van der Waals surface area (Å²) in [5.41, 5.74) is 4.27. The van der Waals surface area contributed by atoms with Crippen molar-refractivity contribution in [1.29, 1.82) is 0 Å². The molecule has 2 aliphatic heterocycles. The maximum Gasteiger partial charge on any atom is 0.207 e. The summed E-state index contributed by atoms with van der Waals surface area (Å²) < 4.78 is 7.57. The Bertz CT molecular complexity index is 1140. The minimum absolute atomic E-state index is 0.284. The van der Waals surface area contributed by atoms with Crippen molar-refractivity contribution in [3.63, 3.8) is 0 Å². The second-order valence-electron chi connectivity index (χ2n) is 8.02. The quantitative estimate of drug-likeness (QED) is 0.648. The van der Waals surface area contributed by atoms with Crippen LogP contribution >= 0.6 is 0 Å². The van der Waals surface area contributed by atoms with Crippen LogP contribution in [0.1, 0.15) is 29.8 Å². The van der Waals surface area contributed by atoms with Gasteiger partial charge in [0.05, 0.1) is 30.6 Å². The Kier molecular flexibility index (Phi) is 5.41. The molecule has 2 aromatic heterocycles. The molecule has 7 nitrogen and oxygen atoms in total. The van der Waals surface area contributed by atoms with Crippen molar-refractivity contribution in [1.82, 2.24) is 24.8 Å². The average molecular weight is 415 g/mol. The summed E-state index contributed by atoms with van der Waals surface area (Å²) >= 11 is 0. The lowest BCUT2D eigenvalue weighted by Crippen LogP contribution is -2.45. The fourth-order valence-corrected chi connectivity index (χ4v) is 4.12. The summed E-state index contributed by atoms with van der Waals surface area (Å²) in [5.74, 6) is 8.60. The number of imidazole rings is 1. The largest absolute Gasteiger partial charge is 0.377 e. The van der Waals surface area contributed by atoms with Gasteiger partial charge in [-0.3, -0.25) is 0 Å². The van der Waals surface area contributed by atoms with Crippen LogP contribution in [0.3, 0.4) is 0 Å². The zero-order valence-corrected chi connectivity index (χ0v) is 17.9. The van der Waals surface area contributed by atoms with Crippen LogP contribution in [0, 0.1) is 11.8 Å². The standard InChI is InChI=1S/C24H26N6O/c1-17-16-31-13-12-30(17)24-19-10-11-25-14-20(19)26-22(28-24)8-9-23-27-21(15-29(23)2)18-6-4-3-5-7-18/h3-7,15,17,25H,10-14,16H2,1-2H3/t17-/m1/s1. The number of hydrogen-bond acceptors (Lipinski definition) is 6. The highest BCUT2D eigenvalue weighted by atomic mass is 16.5. The molecule has 0 amide bonds. The first kappa shape index (κ1) is 19.7. The van der Waals surface area contributed by atoms with Crippen LogP contribution < -0.4 is 10.2 Å². The highest BCUT2D eigenvalue weighted by Gasteiger charge is 2.26. The number of nitrogens with zero attached hydrogens (tertiary/aromatic N) is 5. The van der Waals surface area contributed by atoms with Gasteiger partial charge < -0.3 is 19.5 Å². The number of aromatic nitrogens is 4. The molecular formula is C24H26N6O. The molecule has 1 atom stereocenters. The van der Waals surface area contributed by atoms with Crippen molar-refractivity contribution >= 4 is 5.82 Å². The van der Waals surface area contributed by atoms with Crippen molar-refractivity contribution in [2.75, 3.05) is 31.2 Å². The molecule has 1 saturated heterocycles. The molecule has 0 bridgehead atoms. The summed E-state index contributed by atoms with van der Waals surface area (Å²) in [7, 11) is 1.96.